The second kappa shape index (κ2) is 7.28. The standard InChI is InChI=1S/C18H19N5O4/c1-23-18(25)12-6-3-2-5-11(12)15(21-23)16(24)19-9-8-14-20-17(27-22-14)13-7-4-10-26-13/h2-3,5-6,13H,4,7-10H2,1H3,(H,19,24). The summed E-state index contributed by atoms with van der Waals surface area (Å²) in [6, 6.07) is 6.92. The minimum atomic E-state index is -0.357. The lowest BCUT2D eigenvalue weighted by Gasteiger charge is -2.08. The van der Waals surface area contributed by atoms with Crippen molar-refractivity contribution in [3.63, 3.8) is 0 Å². The van der Waals surface area contributed by atoms with Crippen LogP contribution in [0.4, 0.5) is 0 Å². The molecule has 1 atom stereocenters. The Morgan fingerprint density at radius 3 is 2.93 bits per heavy atom. The summed E-state index contributed by atoms with van der Waals surface area (Å²) in [6.45, 7) is 1.03. The molecule has 3 heterocycles. The van der Waals surface area contributed by atoms with Crippen molar-refractivity contribution in [3.8, 4) is 0 Å². The predicted octanol–water partition coefficient (Wildman–Crippen LogP) is 1.14. The van der Waals surface area contributed by atoms with Gasteiger partial charge in [-0.05, 0) is 18.9 Å². The number of hydrogen-bond donors (Lipinski definition) is 1. The van der Waals surface area contributed by atoms with Crippen LogP contribution in [0.15, 0.2) is 33.6 Å². The Labute approximate surface area is 154 Å². The van der Waals surface area contributed by atoms with Gasteiger partial charge in [-0.25, -0.2) is 4.68 Å². The van der Waals surface area contributed by atoms with Crippen molar-refractivity contribution in [1.29, 1.82) is 0 Å². The van der Waals surface area contributed by atoms with Crippen LogP contribution in [0.1, 0.15) is 41.1 Å². The smallest absolute Gasteiger partial charge is 0.274 e. The molecule has 0 spiro atoms. The molecule has 1 unspecified atom stereocenters. The highest BCUT2D eigenvalue weighted by molar-refractivity contribution is 6.04. The summed E-state index contributed by atoms with van der Waals surface area (Å²) in [5.74, 6) is 0.642. The first-order chi connectivity index (χ1) is 13.1. The maximum absolute atomic E-state index is 12.6. The Bertz CT molecular complexity index is 1040. The Morgan fingerprint density at radius 1 is 1.33 bits per heavy atom. The lowest BCUT2D eigenvalue weighted by atomic mass is 10.1. The summed E-state index contributed by atoms with van der Waals surface area (Å²) in [5.41, 5.74) is -0.0311. The lowest BCUT2D eigenvalue weighted by molar-refractivity contribution is 0.0835. The van der Waals surface area contributed by atoms with Crippen LogP contribution in [0.25, 0.3) is 10.8 Å². The fraction of sp³-hybridized carbons (Fsp3) is 0.389. The van der Waals surface area contributed by atoms with Crippen molar-refractivity contribution in [3.05, 3.63) is 52.0 Å². The average Bonchev–Trinajstić information content (AvgIpc) is 3.36. The second-order valence-electron chi connectivity index (χ2n) is 6.38. The lowest BCUT2D eigenvalue weighted by Crippen LogP contribution is -2.30. The summed E-state index contributed by atoms with van der Waals surface area (Å²) in [6.07, 6.45) is 2.16. The van der Waals surface area contributed by atoms with Gasteiger partial charge in [0.05, 0.1) is 5.39 Å². The third kappa shape index (κ3) is 3.45. The van der Waals surface area contributed by atoms with E-state index in [1.165, 1.54) is 11.7 Å². The maximum Gasteiger partial charge on any atom is 0.274 e. The quantitative estimate of drug-likeness (QED) is 0.717. The van der Waals surface area contributed by atoms with Gasteiger partial charge < -0.3 is 14.6 Å². The molecular formula is C18H19N5O4. The van der Waals surface area contributed by atoms with Crippen LogP contribution in [0.5, 0.6) is 0 Å². The number of hydrogen-bond acceptors (Lipinski definition) is 7. The third-order valence-electron chi connectivity index (χ3n) is 4.49. The number of rotatable bonds is 5. The molecule has 1 N–H and O–H groups in total. The number of nitrogens with zero attached hydrogens (tertiary/aromatic N) is 4. The van der Waals surface area contributed by atoms with Crippen LogP contribution in [0.2, 0.25) is 0 Å². The summed E-state index contributed by atoms with van der Waals surface area (Å²) < 4.78 is 11.9. The number of fused-ring (bicyclic) bond motifs is 1. The molecule has 1 fully saturated rings. The van der Waals surface area contributed by atoms with Gasteiger partial charge in [0.2, 0.25) is 0 Å². The molecule has 2 aromatic heterocycles. The summed E-state index contributed by atoms with van der Waals surface area (Å²) in [5, 5.41) is 11.8. The first-order valence-electron chi connectivity index (χ1n) is 8.82. The van der Waals surface area contributed by atoms with Crippen molar-refractivity contribution in [2.45, 2.75) is 25.4 Å². The van der Waals surface area contributed by atoms with E-state index in [9.17, 15) is 9.59 Å². The van der Waals surface area contributed by atoms with Crippen LogP contribution in [-0.4, -0.2) is 39.0 Å². The number of benzene rings is 1. The van der Waals surface area contributed by atoms with Gasteiger partial charge in [0.1, 0.15) is 6.10 Å². The van der Waals surface area contributed by atoms with Crippen molar-refractivity contribution in [2.24, 2.45) is 7.05 Å². The van der Waals surface area contributed by atoms with Crippen molar-refractivity contribution >= 4 is 16.7 Å². The Morgan fingerprint density at radius 2 is 2.15 bits per heavy atom. The molecule has 27 heavy (non-hydrogen) atoms. The van der Waals surface area contributed by atoms with E-state index in [1.807, 2.05) is 0 Å². The summed E-state index contributed by atoms with van der Waals surface area (Å²) >= 11 is 0. The highest BCUT2D eigenvalue weighted by atomic mass is 16.5. The van der Waals surface area contributed by atoms with E-state index >= 15 is 0 Å². The first-order valence-corrected chi connectivity index (χ1v) is 8.82. The minimum Gasteiger partial charge on any atom is -0.368 e. The molecule has 3 aromatic rings. The number of carbonyl (C=O) groups excluding carboxylic acids is 1. The molecule has 4 rings (SSSR count). The Balaban J connectivity index is 1.44. The Hall–Kier alpha value is -3.07. The molecule has 1 aliphatic heterocycles. The normalized spacial score (nSPS) is 16.7. The minimum absolute atomic E-state index is 0.123. The largest absolute Gasteiger partial charge is 0.368 e. The number of ether oxygens (including phenoxy) is 1. The first kappa shape index (κ1) is 17.3. The molecule has 1 saturated heterocycles. The number of carbonyl (C=O) groups is 1. The van der Waals surface area contributed by atoms with E-state index in [4.69, 9.17) is 9.26 Å². The van der Waals surface area contributed by atoms with Crippen LogP contribution in [0.3, 0.4) is 0 Å². The van der Waals surface area contributed by atoms with E-state index in [0.29, 0.717) is 42.1 Å². The van der Waals surface area contributed by atoms with Gasteiger partial charge in [-0.3, -0.25) is 9.59 Å². The number of aryl methyl sites for hydroxylation is 1. The van der Waals surface area contributed by atoms with Crippen molar-refractivity contribution in [1.82, 2.24) is 25.2 Å². The fourth-order valence-corrected chi connectivity index (χ4v) is 3.11. The molecule has 1 amide bonds. The third-order valence-corrected chi connectivity index (χ3v) is 4.49. The molecular weight excluding hydrogens is 350 g/mol. The molecule has 0 bridgehead atoms. The molecule has 0 saturated carbocycles. The van der Waals surface area contributed by atoms with Crippen molar-refractivity contribution < 1.29 is 14.1 Å². The van der Waals surface area contributed by atoms with Crippen LogP contribution < -0.4 is 10.9 Å². The van der Waals surface area contributed by atoms with Gasteiger partial charge in [0.25, 0.3) is 17.4 Å². The second-order valence-corrected chi connectivity index (χ2v) is 6.38. The van der Waals surface area contributed by atoms with Crippen molar-refractivity contribution in [2.75, 3.05) is 13.2 Å². The molecule has 1 aromatic carbocycles. The average molecular weight is 369 g/mol. The topological polar surface area (TPSA) is 112 Å². The van der Waals surface area contributed by atoms with E-state index in [0.717, 1.165) is 12.8 Å². The molecule has 9 heteroatoms. The molecule has 9 nitrogen and oxygen atoms in total. The van der Waals surface area contributed by atoms with Gasteiger partial charge >= 0.3 is 0 Å². The van der Waals surface area contributed by atoms with E-state index in [2.05, 4.69) is 20.6 Å². The van der Waals surface area contributed by atoms with Gasteiger partial charge in [-0.15, -0.1) is 0 Å². The van der Waals surface area contributed by atoms with Crippen LogP contribution in [0, 0.1) is 0 Å². The fourth-order valence-electron chi connectivity index (χ4n) is 3.11. The van der Waals surface area contributed by atoms with E-state index in [-0.39, 0.29) is 23.3 Å². The van der Waals surface area contributed by atoms with Gasteiger partial charge in [0.15, 0.2) is 11.5 Å². The number of amides is 1. The maximum atomic E-state index is 12.6. The van der Waals surface area contributed by atoms with Gasteiger partial charge in [-0.1, -0.05) is 23.4 Å². The molecule has 0 radical (unpaired) electrons. The Kier molecular flexibility index (Phi) is 4.68. The number of nitrogens with one attached hydrogen (secondary N) is 1. The zero-order valence-corrected chi connectivity index (χ0v) is 14.8. The summed E-state index contributed by atoms with van der Waals surface area (Å²) in [4.78, 5) is 29.0. The number of aromatic nitrogens is 4. The monoisotopic (exact) mass is 369 g/mol. The van der Waals surface area contributed by atoms with Gasteiger partial charge in [-0.2, -0.15) is 10.1 Å². The zero-order chi connectivity index (χ0) is 18.8. The van der Waals surface area contributed by atoms with E-state index < -0.39 is 0 Å². The van der Waals surface area contributed by atoms with Crippen LogP contribution >= 0.6 is 0 Å². The van der Waals surface area contributed by atoms with Gasteiger partial charge in [0, 0.05) is 32.0 Å². The molecule has 1 aliphatic rings. The molecule has 140 valence electrons. The summed E-state index contributed by atoms with van der Waals surface area (Å²) in [7, 11) is 1.53. The predicted molar refractivity (Wildman–Crippen MR) is 95.2 cm³/mol. The zero-order valence-electron chi connectivity index (χ0n) is 14.8. The molecule has 0 aliphatic carbocycles. The van der Waals surface area contributed by atoms with E-state index in [1.54, 1.807) is 24.3 Å². The SMILES string of the molecule is Cn1nc(C(=O)NCCc2noc(C3CCCO3)n2)c2ccccc2c1=O. The highest BCUT2D eigenvalue weighted by Gasteiger charge is 2.23. The van der Waals surface area contributed by atoms with Crippen LogP contribution in [-0.2, 0) is 18.2 Å². The highest BCUT2D eigenvalue weighted by Crippen LogP contribution is 2.26.